The van der Waals surface area contributed by atoms with Gasteiger partial charge in [0.05, 0.1) is 23.2 Å². The first-order valence-corrected chi connectivity index (χ1v) is 8.86. The monoisotopic (exact) mass is 414 g/mol. The molecule has 0 radical (unpaired) electrons. The summed E-state index contributed by atoms with van der Waals surface area (Å²) in [7, 11) is 1.52. The van der Waals surface area contributed by atoms with Gasteiger partial charge in [-0.05, 0) is 24.3 Å². The average Bonchev–Trinajstić information content (AvgIpc) is 2.73. The number of rotatable bonds is 5. The highest BCUT2D eigenvalue weighted by molar-refractivity contribution is 6.31. The second-order valence-electron chi connectivity index (χ2n) is 5.88. The highest BCUT2D eigenvalue weighted by Crippen LogP contribution is 2.30. The molecule has 0 saturated heterocycles. The predicted molar refractivity (Wildman–Crippen MR) is 107 cm³/mol. The zero-order valence-corrected chi connectivity index (χ0v) is 16.0. The average molecular weight is 415 g/mol. The minimum atomic E-state index is -0.512. The van der Waals surface area contributed by atoms with Crippen molar-refractivity contribution >= 4 is 39.9 Å². The van der Waals surface area contributed by atoms with Crippen molar-refractivity contribution < 1.29 is 19.1 Å². The molecule has 0 aliphatic carbocycles. The molecule has 9 heteroatoms. The van der Waals surface area contributed by atoms with Crippen LogP contribution in [-0.4, -0.2) is 28.2 Å². The number of hydrogen-bond donors (Lipinski definition) is 3. The van der Waals surface area contributed by atoms with Crippen LogP contribution in [0.15, 0.2) is 36.7 Å². The summed E-state index contributed by atoms with van der Waals surface area (Å²) in [5.41, 5.74) is 3.33. The highest BCUT2D eigenvalue weighted by atomic mass is 35.5. The molecule has 0 bridgehead atoms. The molecule has 0 spiro atoms. The van der Waals surface area contributed by atoms with Gasteiger partial charge in [0.2, 0.25) is 5.91 Å². The van der Waals surface area contributed by atoms with Crippen LogP contribution in [0.2, 0.25) is 5.02 Å². The Hall–Kier alpha value is -3.41. The molecule has 29 heavy (non-hydrogen) atoms. The van der Waals surface area contributed by atoms with E-state index in [0.717, 1.165) is 0 Å². The summed E-state index contributed by atoms with van der Waals surface area (Å²) in [6.07, 6.45) is 1.73. The van der Waals surface area contributed by atoms with Gasteiger partial charge in [0, 0.05) is 30.0 Å². The number of halogens is 2. The number of ether oxygens (including phenoxy) is 1. The lowest BCUT2D eigenvalue weighted by atomic mass is 10.1. The lowest BCUT2D eigenvalue weighted by molar-refractivity contribution is -0.129. The van der Waals surface area contributed by atoms with Crippen molar-refractivity contribution in [2.45, 2.75) is 12.8 Å². The summed E-state index contributed by atoms with van der Waals surface area (Å²) in [4.78, 5) is 19.6. The number of carbonyl (C=O) groups excluding carboxylic acids is 1. The summed E-state index contributed by atoms with van der Waals surface area (Å²) in [5, 5.41) is 12.3. The van der Waals surface area contributed by atoms with Crippen LogP contribution in [0.4, 0.5) is 15.9 Å². The molecule has 1 aromatic heterocycles. The van der Waals surface area contributed by atoms with E-state index in [4.69, 9.17) is 21.5 Å². The first-order valence-electron chi connectivity index (χ1n) is 8.48. The molecule has 3 rings (SSSR count). The molecular formula is C20H16ClFN4O3. The van der Waals surface area contributed by atoms with Crippen LogP contribution in [0.5, 0.6) is 5.75 Å². The van der Waals surface area contributed by atoms with E-state index in [1.165, 1.54) is 25.6 Å². The quantitative estimate of drug-likeness (QED) is 0.334. The second-order valence-corrected chi connectivity index (χ2v) is 6.29. The Kier molecular flexibility index (Phi) is 6.44. The molecule has 3 N–H and O–H groups in total. The Morgan fingerprint density at radius 1 is 1.31 bits per heavy atom. The lowest BCUT2D eigenvalue weighted by Gasteiger charge is -2.11. The van der Waals surface area contributed by atoms with Crippen molar-refractivity contribution in [3.8, 4) is 17.6 Å². The van der Waals surface area contributed by atoms with Crippen LogP contribution in [0.3, 0.4) is 0 Å². The van der Waals surface area contributed by atoms with Gasteiger partial charge in [-0.25, -0.2) is 19.8 Å². The third kappa shape index (κ3) is 4.90. The van der Waals surface area contributed by atoms with Crippen LogP contribution >= 0.6 is 11.6 Å². The molecule has 0 saturated carbocycles. The van der Waals surface area contributed by atoms with Gasteiger partial charge >= 0.3 is 0 Å². The number of amides is 1. The van der Waals surface area contributed by atoms with Gasteiger partial charge in [-0.15, -0.1) is 0 Å². The minimum absolute atomic E-state index is 0.00602. The molecule has 148 valence electrons. The summed E-state index contributed by atoms with van der Waals surface area (Å²) in [6, 6.07) is 7.76. The molecule has 0 unspecified atom stereocenters. The maximum Gasteiger partial charge on any atom is 0.244 e. The Morgan fingerprint density at radius 3 is 2.86 bits per heavy atom. The topological polar surface area (TPSA) is 96.4 Å². The Bertz CT molecular complexity index is 1130. The fourth-order valence-corrected chi connectivity index (χ4v) is 2.73. The number of hydroxylamine groups is 1. The standard InChI is InChI=1S/C20H16ClFN4O3/c1-29-18-10-17-14(8-12(18)4-2-3-5-19(27)26-28)20(24-11-23-17)25-13-6-7-16(22)15(21)9-13/h6-11,28H,3,5H2,1H3,(H,26,27)(H,23,24,25). The van der Waals surface area contributed by atoms with Crippen LogP contribution in [0, 0.1) is 17.7 Å². The zero-order valence-electron chi connectivity index (χ0n) is 15.3. The third-order valence-electron chi connectivity index (χ3n) is 3.96. The number of anilines is 2. The van der Waals surface area contributed by atoms with Gasteiger partial charge in [0.25, 0.3) is 0 Å². The number of carbonyl (C=O) groups is 1. The van der Waals surface area contributed by atoms with Gasteiger partial charge in [-0.1, -0.05) is 23.4 Å². The second kappa shape index (κ2) is 9.19. The first kappa shape index (κ1) is 20.3. The number of nitrogens with zero attached hydrogens (tertiary/aromatic N) is 2. The summed E-state index contributed by atoms with van der Waals surface area (Å²) in [6.45, 7) is 0. The largest absolute Gasteiger partial charge is 0.495 e. The number of fused-ring (bicyclic) bond motifs is 1. The van der Waals surface area contributed by atoms with Crippen molar-refractivity contribution in [2.24, 2.45) is 0 Å². The molecule has 2 aromatic carbocycles. The van der Waals surface area contributed by atoms with Gasteiger partial charge in [-0.3, -0.25) is 10.0 Å². The third-order valence-corrected chi connectivity index (χ3v) is 4.25. The van der Waals surface area contributed by atoms with Crippen LogP contribution < -0.4 is 15.5 Å². The molecule has 0 aliphatic rings. The Morgan fingerprint density at radius 2 is 2.14 bits per heavy atom. The smallest absolute Gasteiger partial charge is 0.244 e. The summed E-state index contributed by atoms with van der Waals surface area (Å²) >= 11 is 5.84. The van der Waals surface area contributed by atoms with Crippen LogP contribution in [0.25, 0.3) is 10.9 Å². The van der Waals surface area contributed by atoms with E-state index >= 15 is 0 Å². The van der Waals surface area contributed by atoms with Gasteiger partial charge in [-0.2, -0.15) is 0 Å². The number of nitrogens with one attached hydrogen (secondary N) is 2. The van der Waals surface area contributed by atoms with E-state index in [0.29, 0.717) is 33.7 Å². The zero-order chi connectivity index (χ0) is 20.8. The van der Waals surface area contributed by atoms with E-state index in [1.54, 1.807) is 23.7 Å². The van der Waals surface area contributed by atoms with Gasteiger partial charge in [0.1, 0.15) is 23.7 Å². The van der Waals surface area contributed by atoms with Crippen LogP contribution in [-0.2, 0) is 4.79 Å². The fourth-order valence-electron chi connectivity index (χ4n) is 2.55. The molecule has 0 atom stereocenters. The van der Waals surface area contributed by atoms with Crippen molar-refractivity contribution in [2.75, 3.05) is 12.4 Å². The van der Waals surface area contributed by atoms with E-state index in [9.17, 15) is 9.18 Å². The maximum atomic E-state index is 13.4. The normalized spacial score (nSPS) is 10.2. The molecule has 1 heterocycles. The SMILES string of the molecule is COc1cc2ncnc(Nc3ccc(F)c(Cl)c3)c2cc1C#CCCC(=O)NO. The van der Waals surface area contributed by atoms with E-state index in [2.05, 4.69) is 27.1 Å². The maximum absolute atomic E-state index is 13.4. The Balaban J connectivity index is 1.96. The minimum Gasteiger partial charge on any atom is -0.495 e. The molecule has 7 nitrogen and oxygen atoms in total. The van der Waals surface area contributed by atoms with E-state index < -0.39 is 11.7 Å². The molecule has 0 fully saturated rings. The van der Waals surface area contributed by atoms with Gasteiger partial charge < -0.3 is 10.1 Å². The summed E-state index contributed by atoms with van der Waals surface area (Å²) < 4.78 is 18.8. The van der Waals surface area contributed by atoms with Crippen LogP contribution in [0.1, 0.15) is 18.4 Å². The molecule has 0 aliphatic heterocycles. The van der Waals surface area contributed by atoms with Crippen molar-refractivity contribution in [3.63, 3.8) is 0 Å². The predicted octanol–water partition coefficient (Wildman–Crippen LogP) is 3.81. The summed E-state index contributed by atoms with van der Waals surface area (Å²) in [5.74, 6) is 5.80. The van der Waals surface area contributed by atoms with Crippen molar-refractivity contribution in [3.05, 3.63) is 53.1 Å². The Labute approximate surface area is 170 Å². The van der Waals surface area contributed by atoms with Crippen molar-refractivity contribution in [1.82, 2.24) is 15.4 Å². The number of aromatic nitrogens is 2. The van der Waals surface area contributed by atoms with Crippen molar-refractivity contribution in [1.29, 1.82) is 0 Å². The lowest BCUT2D eigenvalue weighted by Crippen LogP contribution is -2.17. The molecule has 1 amide bonds. The number of hydrogen-bond acceptors (Lipinski definition) is 6. The van der Waals surface area contributed by atoms with Gasteiger partial charge in [0.15, 0.2) is 0 Å². The highest BCUT2D eigenvalue weighted by Gasteiger charge is 2.10. The molecule has 3 aromatic rings. The van der Waals surface area contributed by atoms with E-state index in [-0.39, 0.29) is 17.9 Å². The number of benzene rings is 2. The molecular weight excluding hydrogens is 399 g/mol. The fraction of sp³-hybridized carbons (Fsp3) is 0.150. The first-order chi connectivity index (χ1) is 14.0. The number of methoxy groups -OCH3 is 1. The van der Waals surface area contributed by atoms with E-state index in [1.807, 2.05) is 0 Å².